The van der Waals surface area contributed by atoms with Crippen molar-refractivity contribution < 1.29 is 4.74 Å². The number of ether oxygens (including phenoxy) is 1. The Morgan fingerprint density at radius 1 is 1.29 bits per heavy atom. The molecule has 3 N–H and O–H groups in total. The molecule has 1 aromatic rings. The van der Waals surface area contributed by atoms with Gasteiger partial charge in [0.1, 0.15) is 5.75 Å². The minimum absolute atomic E-state index is 0.711. The number of nitrogens with two attached hydrogens (primary N) is 1. The fourth-order valence-corrected chi connectivity index (χ4v) is 2.75. The number of rotatable bonds is 7. The summed E-state index contributed by atoms with van der Waals surface area (Å²) in [6, 6.07) is 5.98. The number of nitrogens with zero attached hydrogens (tertiary/aromatic N) is 1. The molecule has 0 saturated carbocycles. The van der Waals surface area contributed by atoms with E-state index in [1.54, 1.807) is 0 Å². The van der Waals surface area contributed by atoms with Gasteiger partial charge in [-0.15, -0.1) is 0 Å². The molecule has 0 spiro atoms. The van der Waals surface area contributed by atoms with Crippen LogP contribution in [0.25, 0.3) is 0 Å². The van der Waals surface area contributed by atoms with E-state index in [0.717, 1.165) is 30.3 Å². The molecule has 1 fully saturated rings. The monoisotopic (exact) mass is 291 g/mol. The van der Waals surface area contributed by atoms with Crippen LogP contribution in [0, 0.1) is 5.92 Å². The molecule has 0 aliphatic carbocycles. The molecule has 0 radical (unpaired) electrons. The van der Waals surface area contributed by atoms with Gasteiger partial charge in [0.2, 0.25) is 0 Å². The van der Waals surface area contributed by atoms with Gasteiger partial charge < -0.3 is 20.7 Å². The number of hydrogen-bond donors (Lipinski definition) is 2. The van der Waals surface area contributed by atoms with E-state index in [2.05, 4.69) is 24.1 Å². The predicted octanol–water partition coefficient (Wildman–Crippen LogP) is 3.20. The first-order valence-corrected chi connectivity index (χ1v) is 8.21. The Morgan fingerprint density at radius 2 is 2.05 bits per heavy atom. The Labute approximate surface area is 128 Å². The van der Waals surface area contributed by atoms with Gasteiger partial charge in [0.15, 0.2) is 0 Å². The smallest absolute Gasteiger partial charge is 0.144 e. The predicted molar refractivity (Wildman–Crippen MR) is 90.0 cm³/mol. The van der Waals surface area contributed by atoms with Crippen LogP contribution in [-0.2, 0) is 0 Å². The van der Waals surface area contributed by atoms with Gasteiger partial charge in [-0.25, -0.2) is 0 Å². The summed E-state index contributed by atoms with van der Waals surface area (Å²) in [5.41, 5.74) is 7.76. The molecular weight excluding hydrogens is 262 g/mol. The van der Waals surface area contributed by atoms with Crippen molar-refractivity contribution in [1.29, 1.82) is 0 Å². The maximum absolute atomic E-state index is 5.94. The summed E-state index contributed by atoms with van der Waals surface area (Å²) in [4.78, 5) is 2.52. The Bertz CT molecular complexity index is 428. The van der Waals surface area contributed by atoms with Crippen LogP contribution < -0.4 is 15.8 Å². The fourth-order valence-electron chi connectivity index (χ4n) is 2.75. The Morgan fingerprint density at radius 3 is 2.71 bits per heavy atom. The normalized spacial score (nSPS) is 16.9. The number of nitrogen functional groups attached to an aromatic ring is 1. The quantitative estimate of drug-likeness (QED) is 0.758. The van der Waals surface area contributed by atoms with E-state index < -0.39 is 0 Å². The molecule has 0 amide bonds. The van der Waals surface area contributed by atoms with Crippen molar-refractivity contribution >= 4 is 11.4 Å². The highest BCUT2D eigenvalue weighted by Crippen LogP contribution is 2.26. The van der Waals surface area contributed by atoms with Gasteiger partial charge in [-0.1, -0.05) is 13.8 Å². The Kier molecular flexibility index (Phi) is 6.18. The van der Waals surface area contributed by atoms with E-state index in [0.29, 0.717) is 12.3 Å². The first-order valence-electron chi connectivity index (χ1n) is 8.21. The molecule has 1 heterocycles. The van der Waals surface area contributed by atoms with Crippen LogP contribution in [0.4, 0.5) is 11.4 Å². The van der Waals surface area contributed by atoms with E-state index in [1.807, 2.05) is 18.2 Å². The summed E-state index contributed by atoms with van der Waals surface area (Å²) in [5.74, 6) is 1.56. The van der Waals surface area contributed by atoms with Crippen molar-refractivity contribution in [3.63, 3.8) is 0 Å². The number of benzene rings is 1. The van der Waals surface area contributed by atoms with Gasteiger partial charge in [0.05, 0.1) is 12.3 Å². The van der Waals surface area contributed by atoms with E-state index in [-0.39, 0.29) is 0 Å². The van der Waals surface area contributed by atoms with E-state index in [9.17, 15) is 0 Å². The van der Waals surface area contributed by atoms with Crippen molar-refractivity contribution in [2.45, 2.75) is 33.1 Å². The number of likely N-dealkylation sites (tertiary alicyclic amines) is 1. The van der Waals surface area contributed by atoms with E-state index >= 15 is 0 Å². The molecule has 1 aliphatic rings. The fraction of sp³-hybridized carbons (Fsp3) is 0.647. The standard InChI is InChI=1S/C17H29N3O/c1-3-11-21-17-12-15(5-6-16(17)18)19-13-14-7-9-20(4-2)10-8-14/h5-6,12,14,19H,3-4,7-11,13,18H2,1-2H3. The summed E-state index contributed by atoms with van der Waals surface area (Å²) < 4.78 is 5.68. The third-order valence-electron chi connectivity index (χ3n) is 4.22. The SMILES string of the molecule is CCCOc1cc(NCC2CCN(CC)CC2)ccc1N. The van der Waals surface area contributed by atoms with Crippen molar-refractivity contribution in [3.05, 3.63) is 18.2 Å². The second-order valence-corrected chi connectivity index (χ2v) is 5.86. The van der Waals surface area contributed by atoms with Crippen LogP contribution in [0.1, 0.15) is 33.1 Å². The third-order valence-corrected chi connectivity index (χ3v) is 4.22. The first kappa shape index (κ1) is 16.0. The molecule has 1 aliphatic heterocycles. The molecule has 4 nitrogen and oxygen atoms in total. The summed E-state index contributed by atoms with van der Waals surface area (Å²) in [5, 5.41) is 3.54. The van der Waals surface area contributed by atoms with Gasteiger partial charge in [-0.05, 0) is 56.9 Å². The molecule has 0 aromatic heterocycles. The van der Waals surface area contributed by atoms with Crippen LogP contribution in [0.15, 0.2) is 18.2 Å². The average Bonchev–Trinajstić information content (AvgIpc) is 2.53. The zero-order valence-electron chi connectivity index (χ0n) is 13.4. The molecule has 2 rings (SSSR count). The van der Waals surface area contributed by atoms with Gasteiger partial charge >= 0.3 is 0 Å². The zero-order valence-corrected chi connectivity index (χ0v) is 13.4. The van der Waals surface area contributed by atoms with Gasteiger partial charge in [-0.3, -0.25) is 0 Å². The van der Waals surface area contributed by atoms with Crippen LogP contribution in [-0.4, -0.2) is 37.7 Å². The number of anilines is 2. The molecule has 4 heteroatoms. The van der Waals surface area contributed by atoms with Crippen LogP contribution >= 0.6 is 0 Å². The minimum Gasteiger partial charge on any atom is -0.491 e. The Balaban J connectivity index is 1.83. The third kappa shape index (κ3) is 4.81. The lowest BCUT2D eigenvalue weighted by Gasteiger charge is -2.31. The molecule has 1 saturated heterocycles. The summed E-state index contributed by atoms with van der Waals surface area (Å²) in [7, 11) is 0. The largest absolute Gasteiger partial charge is 0.491 e. The lowest BCUT2D eigenvalue weighted by Crippen LogP contribution is -2.35. The van der Waals surface area contributed by atoms with Crippen LogP contribution in [0.3, 0.4) is 0 Å². The lowest BCUT2D eigenvalue weighted by molar-refractivity contribution is 0.198. The van der Waals surface area contributed by atoms with Crippen molar-refractivity contribution in [2.75, 3.05) is 43.8 Å². The molecule has 0 atom stereocenters. The van der Waals surface area contributed by atoms with Crippen molar-refractivity contribution in [2.24, 2.45) is 5.92 Å². The van der Waals surface area contributed by atoms with Crippen LogP contribution in [0.2, 0.25) is 0 Å². The highest BCUT2D eigenvalue weighted by Gasteiger charge is 2.17. The molecule has 0 bridgehead atoms. The molecule has 0 unspecified atom stereocenters. The van der Waals surface area contributed by atoms with E-state index in [4.69, 9.17) is 10.5 Å². The molecule has 118 valence electrons. The summed E-state index contributed by atoms with van der Waals surface area (Å²) in [6.45, 7) is 9.73. The molecular formula is C17H29N3O. The first-order chi connectivity index (χ1) is 10.2. The topological polar surface area (TPSA) is 50.5 Å². The highest BCUT2D eigenvalue weighted by atomic mass is 16.5. The maximum Gasteiger partial charge on any atom is 0.144 e. The van der Waals surface area contributed by atoms with Gasteiger partial charge in [0, 0.05) is 18.3 Å². The molecule has 1 aromatic carbocycles. The average molecular weight is 291 g/mol. The zero-order chi connectivity index (χ0) is 15.1. The maximum atomic E-state index is 5.94. The van der Waals surface area contributed by atoms with Crippen molar-refractivity contribution in [3.8, 4) is 5.75 Å². The lowest BCUT2D eigenvalue weighted by atomic mass is 9.97. The second-order valence-electron chi connectivity index (χ2n) is 5.86. The highest BCUT2D eigenvalue weighted by molar-refractivity contribution is 5.61. The van der Waals surface area contributed by atoms with Crippen molar-refractivity contribution in [1.82, 2.24) is 4.90 Å². The molecule has 21 heavy (non-hydrogen) atoms. The van der Waals surface area contributed by atoms with E-state index in [1.165, 1.54) is 32.5 Å². The second kappa shape index (κ2) is 8.13. The van der Waals surface area contributed by atoms with Crippen LogP contribution in [0.5, 0.6) is 5.75 Å². The van der Waals surface area contributed by atoms with Gasteiger partial charge in [0.25, 0.3) is 0 Å². The number of nitrogens with one attached hydrogen (secondary N) is 1. The Hall–Kier alpha value is -1.42. The number of piperidine rings is 1. The minimum atomic E-state index is 0.711. The number of hydrogen-bond acceptors (Lipinski definition) is 4. The summed E-state index contributed by atoms with van der Waals surface area (Å²) >= 11 is 0. The van der Waals surface area contributed by atoms with Gasteiger partial charge in [-0.2, -0.15) is 0 Å². The summed E-state index contributed by atoms with van der Waals surface area (Å²) in [6.07, 6.45) is 3.57.